The second-order valence-electron chi connectivity index (χ2n) is 8.53. The van der Waals surface area contributed by atoms with Gasteiger partial charge in [-0.3, -0.25) is 4.79 Å². The molecule has 0 bridgehead atoms. The van der Waals surface area contributed by atoms with Gasteiger partial charge in [0.25, 0.3) is 5.91 Å². The SMILES string of the molecule is Cc1nn(C2CCS(=O)(=O)C2)c(Cl)c1C1Nc2ccccc2C(=O)N1C1CCCC1. The maximum Gasteiger partial charge on any atom is 0.258 e. The summed E-state index contributed by atoms with van der Waals surface area (Å²) in [5, 5.41) is 8.56. The van der Waals surface area contributed by atoms with Crippen LogP contribution in [-0.4, -0.2) is 46.6 Å². The lowest BCUT2D eigenvalue weighted by atomic mass is 10.0. The van der Waals surface area contributed by atoms with Gasteiger partial charge in [-0.15, -0.1) is 0 Å². The molecule has 2 aliphatic heterocycles. The van der Waals surface area contributed by atoms with Crippen molar-refractivity contribution in [3.63, 3.8) is 0 Å². The van der Waals surface area contributed by atoms with E-state index >= 15 is 0 Å². The van der Waals surface area contributed by atoms with E-state index in [1.165, 1.54) is 0 Å². The summed E-state index contributed by atoms with van der Waals surface area (Å²) in [6.45, 7) is 1.88. The molecule has 3 aliphatic rings. The van der Waals surface area contributed by atoms with Crippen molar-refractivity contribution in [2.45, 2.75) is 57.3 Å². The minimum atomic E-state index is -3.06. The smallest absolute Gasteiger partial charge is 0.258 e. The normalized spacial score (nSPS) is 26.1. The van der Waals surface area contributed by atoms with Gasteiger partial charge >= 0.3 is 0 Å². The van der Waals surface area contributed by atoms with Crippen molar-refractivity contribution in [3.8, 4) is 0 Å². The summed E-state index contributed by atoms with van der Waals surface area (Å²) in [5.74, 6) is 0.219. The molecular weight excluding hydrogens is 424 g/mol. The van der Waals surface area contributed by atoms with Crippen LogP contribution >= 0.6 is 11.6 Å². The molecule has 0 spiro atoms. The lowest BCUT2D eigenvalue weighted by Crippen LogP contribution is -2.48. The van der Waals surface area contributed by atoms with Crippen LogP contribution in [0.4, 0.5) is 5.69 Å². The van der Waals surface area contributed by atoms with E-state index in [-0.39, 0.29) is 29.5 Å². The zero-order valence-electron chi connectivity index (χ0n) is 16.8. The van der Waals surface area contributed by atoms with Crippen LogP contribution in [0, 0.1) is 6.92 Å². The third kappa shape index (κ3) is 3.21. The van der Waals surface area contributed by atoms with Gasteiger partial charge in [0.2, 0.25) is 0 Å². The zero-order chi connectivity index (χ0) is 21.0. The molecule has 2 aromatic rings. The maximum atomic E-state index is 13.5. The van der Waals surface area contributed by atoms with Gasteiger partial charge < -0.3 is 10.2 Å². The number of hydrogen-bond donors (Lipinski definition) is 1. The molecule has 1 saturated carbocycles. The molecule has 5 rings (SSSR count). The topological polar surface area (TPSA) is 84.3 Å². The Kier molecular flexibility index (Phi) is 4.82. The minimum absolute atomic E-state index is 0.00732. The standard InChI is InChI=1S/C21H25ClN4O3S/c1-13-18(19(22)26(24-13)15-10-11-30(28,29)12-15)20-23-17-9-5-4-8-16(17)21(27)25(20)14-6-2-3-7-14/h4-5,8-9,14-15,20,23H,2-3,6-7,10-12H2,1H3. The molecule has 7 nitrogen and oxygen atoms in total. The number of amides is 1. The Labute approximate surface area is 181 Å². The van der Waals surface area contributed by atoms with Crippen molar-refractivity contribution in [2.24, 2.45) is 0 Å². The number of nitrogens with zero attached hydrogens (tertiary/aromatic N) is 3. The molecule has 2 unspecified atom stereocenters. The third-order valence-corrected chi connectivity index (χ3v) is 8.71. The van der Waals surface area contributed by atoms with Crippen LogP contribution in [0.5, 0.6) is 0 Å². The van der Waals surface area contributed by atoms with Crippen molar-refractivity contribution in [1.82, 2.24) is 14.7 Å². The first-order chi connectivity index (χ1) is 14.4. The van der Waals surface area contributed by atoms with Crippen LogP contribution in [0.2, 0.25) is 5.15 Å². The summed E-state index contributed by atoms with van der Waals surface area (Å²) in [7, 11) is -3.06. The average Bonchev–Trinajstić information content (AvgIpc) is 3.42. The molecule has 0 radical (unpaired) electrons. The highest BCUT2D eigenvalue weighted by molar-refractivity contribution is 7.91. The summed E-state index contributed by atoms with van der Waals surface area (Å²) >= 11 is 6.81. The Morgan fingerprint density at radius 3 is 2.57 bits per heavy atom. The van der Waals surface area contributed by atoms with Crippen LogP contribution in [-0.2, 0) is 9.84 Å². The molecular formula is C21H25ClN4O3S. The van der Waals surface area contributed by atoms with E-state index in [2.05, 4.69) is 10.4 Å². The van der Waals surface area contributed by atoms with Crippen LogP contribution in [0.1, 0.15) is 65.9 Å². The van der Waals surface area contributed by atoms with Gasteiger partial charge in [-0.05, 0) is 38.3 Å². The Morgan fingerprint density at radius 2 is 1.87 bits per heavy atom. The predicted octanol–water partition coefficient (Wildman–Crippen LogP) is 3.71. The van der Waals surface area contributed by atoms with Gasteiger partial charge in [0.1, 0.15) is 11.3 Å². The van der Waals surface area contributed by atoms with Gasteiger partial charge in [0.05, 0.1) is 34.4 Å². The second-order valence-corrected chi connectivity index (χ2v) is 11.1. The molecule has 1 aromatic carbocycles. The molecule has 1 aromatic heterocycles. The number of anilines is 1. The number of aryl methyl sites for hydroxylation is 1. The molecule has 2 fully saturated rings. The number of fused-ring (bicyclic) bond motifs is 1. The minimum Gasteiger partial charge on any atom is -0.361 e. The van der Waals surface area contributed by atoms with Gasteiger partial charge in [-0.2, -0.15) is 5.10 Å². The third-order valence-electron chi connectivity index (χ3n) is 6.58. The molecule has 1 aliphatic carbocycles. The number of benzene rings is 1. The van der Waals surface area contributed by atoms with Gasteiger partial charge in [0.15, 0.2) is 9.84 Å². The highest BCUT2D eigenvalue weighted by Gasteiger charge is 2.42. The maximum absolute atomic E-state index is 13.5. The van der Waals surface area contributed by atoms with Gasteiger partial charge in [-0.1, -0.05) is 36.6 Å². The molecule has 3 heterocycles. The predicted molar refractivity (Wildman–Crippen MR) is 116 cm³/mol. The monoisotopic (exact) mass is 448 g/mol. The Balaban J connectivity index is 1.59. The van der Waals surface area contributed by atoms with Gasteiger partial charge in [-0.25, -0.2) is 13.1 Å². The van der Waals surface area contributed by atoms with Crippen LogP contribution < -0.4 is 5.32 Å². The Hall–Kier alpha value is -2.06. The Bertz CT molecular complexity index is 1110. The van der Waals surface area contributed by atoms with Gasteiger partial charge in [0, 0.05) is 11.7 Å². The average molecular weight is 449 g/mol. The first-order valence-corrected chi connectivity index (χ1v) is 12.7. The highest BCUT2D eigenvalue weighted by Crippen LogP contribution is 2.42. The number of carbonyl (C=O) groups excluding carboxylic acids is 1. The number of hydrogen-bond acceptors (Lipinski definition) is 5. The first kappa shape index (κ1) is 19.9. The molecule has 9 heteroatoms. The van der Waals surface area contributed by atoms with Crippen LogP contribution in [0.25, 0.3) is 0 Å². The first-order valence-electron chi connectivity index (χ1n) is 10.5. The van der Waals surface area contributed by atoms with Crippen molar-refractivity contribution < 1.29 is 13.2 Å². The number of carbonyl (C=O) groups is 1. The quantitative estimate of drug-likeness (QED) is 0.773. The van der Waals surface area contributed by atoms with E-state index in [1.54, 1.807) is 4.68 Å². The van der Waals surface area contributed by atoms with E-state index in [9.17, 15) is 13.2 Å². The fourth-order valence-electron chi connectivity index (χ4n) is 5.09. The largest absolute Gasteiger partial charge is 0.361 e. The molecule has 1 N–H and O–H groups in total. The van der Waals surface area contributed by atoms with Crippen LogP contribution in [0.3, 0.4) is 0 Å². The van der Waals surface area contributed by atoms with E-state index < -0.39 is 16.0 Å². The number of halogens is 1. The van der Waals surface area contributed by atoms with Crippen molar-refractivity contribution in [2.75, 3.05) is 16.8 Å². The summed E-state index contributed by atoms with van der Waals surface area (Å²) < 4.78 is 25.6. The fourth-order valence-corrected chi connectivity index (χ4v) is 7.20. The lowest BCUT2D eigenvalue weighted by molar-refractivity contribution is 0.0584. The fraction of sp³-hybridized carbons (Fsp3) is 0.524. The van der Waals surface area contributed by atoms with Crippen molar-refractivity contribution in [3.05, 3.63) is 46.2 Å². The van der Waals surface area contributed by atoms with E-state index in [1.807, 2.05) is 36.1 Å². The van der Waals surface area contributed by atoms with Crippen molar-refractivity contribution >= 4 is 33.0 Å². The van der Waals surface area contributed by atoms with E-state index in [0.29, 0.717) is 17.1 Å². The van der Waals surface area contributed by atoms with E-state index in [4.69, 9.17) is 11.6 Å². The number of para-hydroxylation sites is 1. The number of aromatic nitrogens is 2. The number of sulfone groups is 1. The summed E-state index contributed by atoms with van der Waals surface area (Å²) in [6.07, 6.45) is 4.24. The van der Waals surface area contributed by atoms with Crippen molar-refractivity contribution in [1.29, 1.82) is 0 Å². The van der Waals surface area contributed by atoms with E-state index in [0.717, 1.165) is 42.6 Å². The highest BCUT2D eigenvalue weighted by atomic mass is 35.5. The zero-order valence-corrected chi connectivity index (χ0v) is 18.4. The molecule has 2 atom stereocenters. The lowest BCUT2D eigenvalue weighted by Gasteiger charge is -2.41. The molecule has 1 amide bonds. The Morgan fingerprint density at radius 1 is 1.13 bits per heavy atom. The second kappa shape index (κ2) is 7.27. The molecule has 160 valence electrons. The number of rotatable bonds is 3. The summed E-state index contributed by atoms with van der Waals surface area (Å²) in [4.78, 5) is 15.4. The van der Waals surface area contributed by atoms with Crippen LogP contribution in [0.15, 0.2) is 24.3 Å². The molecule has 1 saturated heterocycles. The number of nitrogens with one attached hydrogen (secondary N) is 1. The summed E-state index contributed by atoms with van der Waals surface area (Å²) in [5.41, 5.74) is 2.94. The summed E-state index contributed by atoms with van der Waals surface area (Å²) in [6, 6.07) is 7.42. The molecule has 30 heavy (non-hydrogen) atoms.